The van der Waals surface area contributed by atoms with Crippen LogP contribution in [0.5, 0.6) is 0 Å². The van der Waals surface area contributed by atoms with Crippen LogP contribution in [0.1, 0.15) is 59.8 Å². The summed E-state index contributed by atoms with van der Waals surface area (Å²) in [7, 11) is 0. The van der Waals surface area contributed by atoms with E-state index in [-0.39, 0.29) is 12.2 Å². The maximum Gasteiger partial charge on any atom is 0.178 e. The predicted molar refractivity (Wildman–Crippen MR) is 91.2 cm³/mol. The Morgan fingerprint density at radius 1 is 1.38 bits per heavy atom. The Kier molecular flexibility index (Phi) is 3.89. The van der Waals surface area contributed by atoms with E-state index in [4.69, 9.17) is 0 Å². The lowest BCUT2D eigenvalue weighted by Crippen LogP contribution is -2.69. The maximum absolute atomic E-state index is 16.6. The minimum absolute atomic E-state index is 0.105. The van der Waals surface area contributed by atoms with Crippen molar-refractivity contribution in [2.45, 2.75) is 77.7 Å². The first-order valence-electron chi connectivity index (χ1n) is 9.02. The highest BCUT2D eigenvalue weighted by Gasteiger charge is 2.70. The molecule has 3 aliphatic carbocycles. The first kappa shape index (κ1) is 17.8. The smallest absolute Gasteiger partial charge is 0.178 e. The van der Waals surface area contributed by atoms with E-state index in [1.165, 1.54) is 6.08 Å². The van der Waals surface area contributed by atoms with Crippen molar-refractivity contribution in [2.24, 2.45) is 16.2 Å². The zero-order chi connectivity index (χ0) is 18.0. The van der Waals surface area contributed by atoms with Crippen molar-refractivity contribution in [1.29, 1.82) is 0 Å². The third-order valence-corrected chi connectivity index (χ3v) is 7.25. The monoisotopic (exact) mass is 336 g/mol. The van der Waals surface area contributed by atoms with Crippen molar-refractivity contribution in [2.75, 3.05) is 0 Å². The average Bonchev–Trinajstić information content (AvgIpc) is 2.51. The number of carbonyl (C=O) groups excluding carboxylic acids is 1. The van der Waals surface area contributed by atoms with E-state index in [0.717, 1.165) is 5.57 Å². The number of rotatable bonds is 2. The molecular formula is C20H29FO3. The molecule has 3 nitrogen and oxygen atoms in total. The van der Waals surface area contributed by atoms with Crippen LogP contribution in [0.4, 0.5) is 4.39 Å². The lowest BCUT2D eigenvalue weighted by Gasteiger charge is -2.65. The van der Waals surface area contributed by atoms with Gasteiger partial charge in [-0.15, -0.1) is 0 Å². The lowest BCUT2D eigenvalue weighted by molar-refractivity contribution is -0.225. The summed E-state index contributed by atoms with van der Waals surface area (Å²) >= 11 is 0. The van der Waals surface area contributed by atoms with Crippen LogP contribution >= 0.6 is 0 Å². The van der Waals surface area contributed by atoms with Crippen LogP contribution in [0.15, 0.2) is 23.8 Å². The molecule has 3 rings (SSSR count). The van der Waals surface area contributed by atoms with Gasteiger partial charge in [0.1, 0.15) is 0 Å². The molecule has 6 atom stereocenters. The number of fused-ring (bicyclic) bond motifs is 3. The van der Waals surface area contributed by atoms with Crippen molar-refractivity contribution in [1.82, 2.24) is 0 Å². The molecule has 3 aliphatic rings. The molecule has 0 aliphatic heterocycles. The molecular weight excluding hydrogens is 307 g/mol. The van der Waals surface area contributed by atoms with Gasteiger partial charge in [-0.1, -0.05) is 32.4 Å². The molecule has 134 valence electrons. The molecule has 2 saturated carbocycles. The number of aliphatic hydroxyl groups is 2. The molecule has 0 spiro atoms. The SMILES string of the molecule is CC[C@H](O)C1(C)C[C@H](O)[C@@]2(F)C(C)(CCC3=CC(=O)C=C[C@@]32C)C1. The highest BCUT2D eigenvalue weighted by atomic mass is 19.1. The second kappa shape index (κ2) is 5.25. The van der Waals surface area contributed by atoms with Gasteiger partial charge in [0.15, 0.2) is 11.5 Å². The number of allylic oxidation sites excluding steroid dienone is 4. The van der Waals surface area contributed by atoms with Gasteiger partial charge in [-0.05, 0) is 56.6 Å². The Morgan fingerprint density at radius 3 is 2.67 bits per heavy atom. The Bertz CT molecular complexity index is 626. The Labute approximate surface area is 143 Å². The van der Waals surface area contributed by atoms with Crippen LogP contribution in [0.25, 0.3) is 0 Å². The van der Waals surface area contributed by atoms with E-state index in [1.54, 1.807) is 19.1 Å². The Balaban J connectivity index is 2.09. The second-order valence-electron chi connectivity index (χ2n) is 8.85. The molecule has 0 saturated heterocycles. The third-order valence-electron chi connectivity index (χ3n) is 7.25. The molecule has 24 heavy (non-hydrogen) atoms. The van der Waals surface area contributed by atoms with Gasteiger partial charge in [-0.25, -0.2) is 4.39 Å². The number of carbonyl (C=O) groups is 1. The number of halogens is 1. The van der Waals surface area contributed by atoms with Crippen molar-refractivity contribution in [3.63, 3.8) is 0 Å². The fraction of sp³-hybridized carbons (Fsp3) is 0.750. The van der Waals surface area contributed by atoms with Crippen molar-refractivity contribution >= 4 is 5.78 Å². The van der Waals surface area contributed by atoms with Crippen molar-refractivity contribution in [3.8, 4) is 0 Å². The minimum Gasteiger partial charge on any atom is -0.393 e. The average molecular weight is 336 g/mol. The molecule has 0 heterocycles. The minimum atomic E-state index is -1.84. The summed E-state index contributed by atoms with van der Waals surface area (Å²) < 4.78 is 16.6. The summed E-state index contributed by atoms with van der Waals surface area (Å²) in [5.41, 5.74) is -3.26. The van der Waals surface area contributed by atoms with E-state index < -0.39 is 34.1 Å². The van der Waals surface area contributed by atoms with Crippen LogP contribution in [0.2, 0.25) is 0 Å². The molecule has 0 aromatic rings. The van der Waals surface area contributed by atoms with E-state index in [2.05, 4.69) is 0 Å². The molecule has 0 aromatic heterocycles. The molecule has 0 radical (unpaired) electrons. The maximum atomic E-state index is 16.6. The zero-order valence-corrected chi connectivity index (χ0v) is 15.1. The van der Waals surface area contributed by atoms with Gasteiger partial charge in [0.05, 0.1) is 12.2 Å². The highest BCUT2D eigenvalue weighted by molar-refractivity contribution is 6.01. The quantitative estimate of drug-likeness (QED) is 0.811. The number of hydrogen-bond acceptors (Lipinski definition) is 3. The van der Waals surface area contributed by atoms with Crippen LogP contribution in [-0.2, 0) is 4.79 Å². The molecule has 0 amide bonds. The van der Waals surface area contributed by atoms with Crippen LogP contribution in [-0.4, -0.2) is 33.9 Å². The van der Waals surface area contributed by atoms with E-state index in [0.29, 0.717) is 25.7 Å². The van der Waals surface area contributed by atoms with E-state index in [1.807, 2.05) is 20.8 Å². The second-order valence-corrected chi connectivity index (χ2v) is 8.85. The summed E-state index contributed by atoms with van der Waals surface area (Å²) in [6.45, 7) is 7.59. The van der Waals surface area contributed by atoms with Gasteiger partial charge in [-0.3, -0.25) is 4.79 Å². The summed E-state index contributed by atoms with van der Waals surface area (Å²) in [5.74, 6) is -0.105. The van der Waals surface area contributed by atoms with Gasteiger partial charge >= 0.3 is 0 Å². The standard InChI is InChI=1S/C20H29FO3/c1-5-15(23)17(2)11-16(24)20(21)18(3,12-17)8-6-13-10-14(22)7-9-19(13,20)4/h7,9-10,15-16,23-24H,5-6,8,11-12H2,1-4H3/t15-,16-,17?,18?,19-,20+/m0/s1. The molecule has 0 bridgehead atoms. The topological polar surface area (TPSA) is 57.5 Å². The van der Waals surface area contributed by atoms with E-state index >= 15 is 4.39 Å². The largest absolute Gasteiger partial charge is 0.393 e. The number of hydrogen-bond donors (Lipinski definition) is 2. The lowest BCUT2D eigenvalue weighted by atomic mass is 9.42. The van der Waals surface area contributed by atoms with Crippen LogP contribution in [0, 0.1) is 16.2 Å². The molecule has 2 fully saturated rings. The molecule has 2 N–H and O–H groups in total. The Morgan fingerprint density at radius 2 is 2.04 bits per heavy atom. The fourth-order valence-corrected chi connectivity index (χ4v) is 5.89. The van der Waals surface area contributed by atoms with Gasteiger partial charge in [-0.2, -0.15) is 0 Å². The van der Waals surface area contributed by atoms with Crippen LogP contribution < -0.4 is 0 Å². The van der Waals surface area contributed by atoms with E-state index in [9.17, 15) is 15.0 Å². The van der Waals surface area contributed by atoms with Gasteiger partial charge < -0.3 is 10.2 Å². The number of aliphatic hydroxyl groups excluding tert-OH is 2. The van der Waals surface area contributed by atoms with Gasteiger partial charge in [0.2, 0.25) is 0 Å². The fourth-order valence-electron chi connectivity index (χ4n) is 5.89. The number of alkyl halides is 1. The van der Waals surface area contributed by atoms with Gasteiger partial charge in [0, 0.05) is 10.8 Å². The highest BCUT2D eigenvalue weighted by Crippen LogP contribution is 2.68. The summed E-state index contributed by atoms with van der Waals surface area (Å²) in [6, 6.07) is 0. The summed E-state index contributed by atoms with van der Waals surface area (Å²) in [6.07, 6.45) is 5.50. The third kappa shape index (κ3) is 2.05. The Hall–Kier alpha value is -1.00. The molecule has 0 aromatic carbocycles. The first-order valence-corrected chi connectivity index (χ1v) is 9.02. The predicted octanol–water partition coefficient (Wildman–Crippen LogP) is 3.50. The zero-order valence-electron chi connectivity index (χ0n) is 15.1. The summed E-state index contributed by atoms with van der Waals surface area (Å²) in [4.78, 5) is 11.7. The molecule has 4 heteroatoms. The van der Waals surface area contributed by atoms with Crippen molar-refractivity contribution < 1.29 is 19.4 Å². The van der Waals surface area contributed by atoms with Crippen LogP contribution in [0.3, 0.4) is 0 Å². The number of ketones is 1. The first-order chi connectivity index (χ1) is 11.0. The molecule has 2 unspecified atom stereocenters. The van der Waals surface area contributed by atoms with Gasteiger partial charge in [0.25, 0.3) is 0 Å². The van der Waals surface area contributed by atoms with Crippen molar-refractivity contribution in [3.05, 3.63) is 23.8 Å². The summed E-state index contributed by atoms with van der Waals surface area (Å²) in [5, 5.41) is 21.4. The normalized spacial score (nSPS) is 49.2.